The van der Waals surface area contributed by atoms with Crippen molar-refractivity contribution in [3.63, 3.8) is 0 Å². The molecule has 0 atom stereocenters. The Morgan fingerprint density at radius 1 is 0.931 bits per heavy atom. The lowest BCUT2D eigenvalue weighted by Crippen LogP contribution is -2.15. The van der Waals surface area contributed by atoms with Gasteiger partial charge in [-0.3, -0.25) is 4.79 Å². The van der Waals surface area contributed by atoms with E-state index in [0.717, 1.165) is 27.9 Å². The van der Waals surface area contributed by atoms with E-state index >= 15 is 0 Å². The van der Waals surface area contributed by atoms with Gasteiger partial charge in [0.15, 0.2) is 5.58 Å². The van der Waals surface area contributed by atoms with Crippen molar-refractivity contribution in [2.45, 2.75) is 33.1 Å². The number of hydrogen-bond donors (Lipinski definition) is 1. The normalized spacial score (nSPS) is 11.6. The number of oxazole rings is 1. The molecule has 4 rings (SSSR count). The van der Waals surface area contributed by atoms with E-state index in [1.165, 1.54) is 5.56 Å². The number of fused-ring (bicyclic) bond motifs is 1. The monoisotopic (exact) mass is 384 g/mol. The van der Waals surface area contributed by atoms with Gasteiger partial charge in [-0.25, -0.2) is 4.98 Å². The van der Waals surface area contributed by atoms with Gasteiger partial charge in [-0.2, -0.15) is 0 Å². The minimum atomic E-state index is -0.136. The molecule has 0 bridgehead atoms. The van der Waals surface area contributed by atoms with Crippen molar-refractivity contribution in [1.29, 1.82) is 0 Å². The molecule has 1 N–H and O–H groups in total. The Morgan fingerprint density at radius 2 is 1.66 bits per heavy atom. The summed E-state index contributed by atoms with van der Waals surface area (Å²) >= 11 is 0. The summed E-state index contributed by atoms with van der Waals surface area (Å²) in [6.45, 7) is 8.43. The van der Waals surface area contributed by atoms with Gasteiger partial charge in [0.1, 0.15) is 5.52 Å². The van der Waals surface area contributed by atoms with E-state index in [-0.39, 0.29) is 11.3 Å². The molecule has 29 heavy (non-hydrogen) atoms. The predicted octanol–water partition coefficient (Wildman–Crippen LogP) is 6.35. The topological polar surface area (TPSA) is 55.1 Å². The van der Waals surface area contributed by atoms with E-state index in [1.807, 2.05) is 73.7 Å². The molecule has 0 aliphatic heterocycles. The third kappa shape index (κ3) is 3.79. The molecule has 0 spiro atoms. The van der Waals surface area contributed by atoms with Crippen LogP contribution in [0.5, 0.6) is 0 Å². The van der Waals surface area contributed by atoms with Crippen LogP contribution in [0.15, 0.2) is 71.1 Å². The highest BCUT2D eigenvalue weighted by molar-refractivity contribution is 6.05. The van der Waals surface area contributed by atoms with Crippen molar-refractivity contribution in [2.75, 3.05) is 5.32 Å². The van der Waals surface area contributed by atoms with E-state index in [2.05, 4.69) is 31.1 Å². The summed E-state index contributed by atoms with van der Waals surface area (Å²) in [5.41, 5.74) is 5.97. The summed E-state index contributed by atoms with van der Waals surface area (Å²) in [7, 11) is 0. The number of hydrogen-bond acceptors (Lipinski definition) is 3. The Hall–Kier alpha value is -3.40. The minimum Gasteiger partial charge on any atom is -0.436 e. The predicted molar refractivity (Wildman–Crippen MR) is 117 cm³/mol. The average molecular weight is 384 g/mol. The van der Waals surface area contributed by atoms with Crippen molar-refractivity contribution < 1.29 is 9.21 Å². The van der Waals surface area contributed by atoms with Gasteiger partial charge in [-0.15, -0.1) is 0 Å². The van der Waals surface area contributed by atoms with Crippen LogP contribution in [0.4, 0.5) is 5.69 Å². The summed E-state index contributed by atoms with van der Waals surface area (Å²) in [4.78, 5) is 17.3. The van der Waals surface area contributed by atoms with Crippen LogP contribution in [0.2, 0.25) is 0 Å². The van der Waals surface area contributed by atoms with E-state index in [4.69, 9.17) is 4.42 Å². The fraction of sp³-hybridized carbons (Fsp3) is 0.200. The first-order valence-corrected chi connectivity index (χ1v) is 9.70. The van der Waals surface area contributed by atoms with E-state index in [0.29, 0.717) is 11.5 Å². The molecule has 0 saturated heterocycles. The lowest BCUT2D eigenvalue weighted by molar-refractivity contribution is 0.102. The summed E-state index contributed by atoms with van der Waals surface area (Å²) in [6.07, 6.45) is 0. The number of anilines is 1. The Morgan fingerprint density at radius 3 is 2.34 bits per heavy atom. The van der Waals surface area contributed by atoms with Gasteiger partial charge in [0.25, 0.3) is 5.91 Å². The van der Waals surface area contributed by atoms with Crippen LogP contribution in [0.1, 0.15) is 42.3 Å². The van der Waals surface area contributed by atoms with Crippen LogP contribution in [0.25, 0.3) is 22.6 Å². The first kappa shape index (κ1) is 18.9. The summed E-state index contributed by atoms with van der Waals surface area (Å²) in [5, 5.41) is 3.02. The Balaban J connectivity index is 1.61. The number of carbonyl (C=O) groups excluding carboxylic acids is 1. The molecule has 0 aliphatic rings. The molecule has 0 aliphatic carbocycles. The first-order chi connectivity index (χ1) is 13.8. The largest absolute Gasteiger partial charge is 0.436 e. The molecule has 0 unspecified atom stereocenters. The van der Waals surface area contributed by atoms with E-state index < -0.39 is 0 Å². The van der Waals surface area contributed by atoms with Crippen molar-refractivity contribution >= 4 is 22.7 Å². The molecule has 4 aromatic rings. The molecule has 0 saturated carbocycles. The van der Waals surface area contributed by atoms with Gasteiger partial charge >= 0.3 is 0 Å². The number of benzene rings is 3. The Labute approximate surface area is 170 Å². The van der Waals surface area contributed by atoms with Gasteiger partial charge < -0.3 is 9.73 Å². The molecule has 1 aromatic heterocycles. The number of nitrogens with one attached hydrogen (secondary N) is 1. The number of rotatable bonds is 3. The number of carbonyl (C=O) groups is 1. The first-order valence-electron chi connectivity index (χ1n) is 9.70. The molecule has 0 radical (unpaired) electrons. The lowest BCUT2D eigenvalue weighted by Gasteiger charge is -2.19. The van der Waals surface area contributed by atoms with Gasteiger partial charge in [0.2, 0.25) is 5.89 Å². The smallest absolute Gasteiger partial charge is 0.255 e. The van der Waals surface area contributed by atoms with Crippen LogP contribution >= 0.6 is 0 Å². The highest BCUT2D eigenvalue weighted by atomic mass is 16.3. The Bertz CT molecular complexity index is 1150. The fourth-order valence-corrected chi connectivity index (χ4v) is 3.31. The van der Waals surface area contributed by atoms with E-state index in [9.17, 15) is 4.79 Å². The Kier molecular flexibility index (Phi) is 4.71. The molecule has 4 heteroatoms. The maximum Gasteiger partial charge on any atom is 0.255 e. The SMILES string of the molecule is Cc1c(NC(=O)c2ccc(C(C)(C)C)cc2)cccc1-c1nc2ccccc2o1. The van der Waals surface area contributed by atoms with Gasteiger partial charge in [0, 0.05) is 16.8 Å². The zero-order valence-electron chi connectivity index (χ0n) is 17.1. The van der Waals surface area contributed by atoms with Gasteiger partial charge in [-0.05, 0) is 59.9 Å². The highest BCUT2D eigenvalue weighted by Gasteiger charge is 2.16. The molecule has 3 aromatic carbocycles. The quantitative estimate of drug-likeness (QED) is 0.447. The third-order valence-corrected chi connectivity index (χ3v) is 5.12. The number of aromatic nitrogens is 1. The molecule has 1 heterocycles. The molecule has 4 nitrogen and oxygen atoms in total. The van der Waals surface area contributed by atoms with Crippen LogP contribution in [-0.4, -0.2) is 10.9 Å². The third-order valence-electron chi connectivity index (χ3n) is 5.12. The van der Waals surface area contributed by atoms with Crippen molar-refractivity contribution in [1.82, 2.24) is 4.98 Å². The lowest BCUT2D eigenvalue weighted by atomic mass is 9.86. The standard InChI is InChI=1S/C25H24N2O2/c1-16-19(24-27-21-9-5-6-11-22(21)29-24)8-7-10-20(16)26-23(28)17-12-14-18(15-13-17)25(2,3)4/h5-15H,1-4H3,(H,26,28). The van der Waals surface area contributed by atoms with Crippen LogP contribution in [0, 0.1) is 6.92 Å². The molecule has 0 fully saturated rings. The van der Waals surface area contributed by atoms with Crippen LogP contribution < -0.4 is 5.32 Å². The maximum atomic E-state index is 12.8. The number of para-hydroxylation sites is 2. The minimum absolute atomic E-state index is 0.0551. The molecule has 146 valence electrons. The second-order valence-corrected chi connectivity index (χ2v) is 8.25. The van der Waals surface area contributed by atoms with Crippen LogP contribution in [-0.2, 0) is 5.41 Å². The highest BCUT2D eigenvalue weighted by Crippen LogP contribution is 2.31. The fourth-order valence-electron chi connectivity index (χ4n) is 3.31. The van der Waals surface area contributed by atoms with Crippen molar-refractivity contribution in [3.05, 3.63) is 83.4 Å². The van der Waals surface area contributed by atoms with Gasteiger partial charge in [-0.1, -0.05) is 51.1 Å². The zero-order valence-corrected chi connectivity index (χ0v) is 17.1. The average Bonchev–Trinajstić information content (AvgIpc) is 3.13. The summed E-state index contributed by atoms with van der Waals surface area (Å²) in [6, 6.07) is 21.2. The van der Waals surface area contributed by atoms with E-state index in [1.54, 1.807) is 0 Å². The zero-order chi connectivity index (χ0) is 20.6. The second kappa shape index (κ2) is 7.21. The second-order valence-electron chi connectivity index (χ2n) is 8.25. The molecular weight excluding hydrogens is 360 g/mol. The molecular formula is C25H24N2O2. The number of amides is 1. The summed E-state index contributed by atoms with van der Waals surface area (Å²) < 4.78 is 5.90. The number of nitrogens with zero attached hydrogens (tertiary/aromatic N) is 1. The molecule has 1 amide bonds. The van der Waals surface area contributed by atoms with Crippen molar-refractivity contribution in [2.24, 2.45) is 0 Å². The maximum absolute atomic E-state index is 12.8. The van der Waals surface area contributed by atoms with Gasteiger partial charge in [0.05, 0.1) is 0 Å². The summed E-state index contributed by atoms with van der Waals surface area (Å²) in [5.74, 6) is 0.414. The van der Waals surface area contributed by atoms with Crippen molar-refractivity contribution in [3.8, 4) is 11.5 Å². The van der Waals surface area contributed by atoms with Crippen LogP contribution in [0.3, 0.4) is 0 Å².